The molecule has 0 aliphatic heterocycles. The molecule has 0 bridgehead atoms. The highest BCUT2D eigenvalue weighted by molar-refractivity contribution is 6.07. The summed E-state index contributed by atoms with van der Waals surface area (Å²) in [6, 6.07) is 56.9. The fraction of sp³-hybridized carbons (Fsp3) is 0.0204. The molecule has 0 aliphatic carbocycles. The van der Waals surface area contributed by atoms with Gasteiger partial charge in [-0.15, -0.1) is 0 Å². The van der Waals surface area contributed by atoms with Crippen LogP contribution in [0.1, 0.15) is 6.92 Å². The van der Waals surface area contributed by atoms with Crippen molar-refractivity contribution in [2.24, 2.45) is 0 Å². The SMILES string of the molecule is C=C(/C=C\C=C/C)N(c1ccc2c(c1)oc1ccccc12)c1ccccc1-c1ccccc1N(c1ccccc1)c1ccc2c(c1)oc1ccccc12. The summed E-state index contributed by atoms with van der Waals surface area (Å²) in [7, 11) is 0. The van der Waals surface area contributed by atoms with Gasteiger partial charge in [0.2, 0.25) is 0 Å². The number of rotatable bonds is 9. The molecule has 254 valence electrons. The van der Waals surface area contributed by atoms with Crippen LogP contribution in [0, 0.1) is 0 Å². The van der Waals surface area contributed by atoms with Crippen LogP contribution in [0.25, 0.3) is 55.0 Å². The van der Waals surface area contributed by atoms with Gasteiger partial charge < -0.3 is 18.6 Å². The van der Waals surface area contributed by atoms with E-state index in [1.807, 2.05) is 61.6 Å². The molecule has 4 nitrogen and oxygen atoms in total. The lowest BCUT2D eigenvalue weighted by molar-refractivity contribution is 0.668. The molecule has 4 heteroatoms. The largest absolute Gasteiger partial charge is 0.456 e. The summed E-state index contributed by atoms with van der Waals surface area (Å²) in [6.07, 6.45) is 8.10. The number of para-hydroxylation sites is 5. The summed E-state index contributed by atoms with van der Waals surface area (Å²) in [5.41, 5.74) is 11.4. The lowest BCUT2D eigenvalue weighted by atomic mass is 9.98. The van der Waals surface area contributed by atoms with Gasteiger partial charge in [-0.25, -0.2) is 0 Å². The van der Waals surface area contributed by atoms with Gasteiger partial charge in [0, 0.05) is 67.6 Å². The van der Waals surface area contributed by atoms with Gasteiger partial charge in [-0.05, 0) is 73.7 Å². The third-order valence-electron chi connectivity index (χ3n) is 9.71. The lowest BCUT2D eigenvalue weighted by Gasteiger charge is -2.31. The Bertz CT molecular complexity index is 2840. The van der Waals surface area contributed by atoms with Gasteiger partial charge in [-0.1, -0.05) is 116 Å². The number of furan rings is 2. The van der Waals surface area contributed by atoms with Crippen molar-refractivity contribution in [3.63, 3.8) is 0 Å². The Morgan fingerprint density at radius 2 is 0.981 bits per heavy atom. The fourth-order valence-corrected chi connectivity index (χ4v) is 7.32. The second kappa shape index (κ2) is 13.6. The molecule has 0 N–H and O–H groups in total. The van der Waals surface area contributed by atoms with E-state index < -0.39 is 0 Å². The van der Waals surface area contributed by atoms with E-state index in [2.05, 4.69) is 150 Å². The van der Waals surface area contributed by atoms with Gasteiger partial charge in [0.1, 0.15) is 22.3 Å². The van der Waals surface area contributed by atoms with E-state index in [0.717, 1.165) is 89.1 Å². The zero-order valence-corrected chi connectivity index (χ0v) is 29.3. The van der Waals surface area contributed by atoms with Crippen molar-refractivity contribution in [3.8, 4) is 11.1 Å². The first-order chi connectivity index (χ1) is 26.2. The second-order valence-corrected chi connectivity index (χ2v) is 13.0. The number of nitrogens with zero attached hydrogens (tertiary/aromatic N) is 2. The van der Waals surface area contributed by atoms with Crippen molar-refractivity contribution >= 4 is 72.3 Å². The molecule has 0 aliphatic rings. The van der Waals surface area contributed by atoms with Crippen molar-refractivity contribution in [1.82, 2.24) is 0 Å². The average molecular weight is 685 g/mol. The molecular weight excluding hydrogens is 649 g/mol. The molecule has 9 rings (SSSR count). The Balaban J connectivity index is 1.23. The molecule has 9 aromatic rings. The molecule has 0 fully saturated rings. The molecule has 0 amide bonds. The maximum atomic E-state index is 6.38. The fourth-order valence-electron chi connectivity index (χ4n) is 7.32. The van der Waals surface area contributed by atoms with E-state index in [-0.39, 0.29) is 0 Å². The van der Waals surface area contributed by atoms with Crippen LogP contribution in [0.15, 0.2) is 209 Å². The number of fused-ring (bicyclic) bond motifs is 6. The zero-order chi connectivity index (χ0) is 35.7. The predicted octanol–water partition coefficient (Wildman–Crippen LogP) is 14.4. The van der Waals surface area contributed by atoms with Crippen LogP contribution in [-0.4, -0.2) is 0 Å². The van der Waals surface area contributed by atoms with Crippen LogP contribution < -0.4 is 9.80 Å². The molecule has 0 unspecified atom stereocenters. The highest BCUT2D eigenvalue weighted by Crippen LogP contribution is 2.46. The third-order valence-corrected chi connectivity index (χ3v) is 9.71. The Kier molecular flexibility index (Phi) is 8.18. The van der Waals surface area contributed by atoms with Gasteiger partial charge in [0.15, 0.2) is 0 Å². The molecule has 0 radical (unpaired) electrons. The number of hydrogen-bond acceptors (Lipinski definition) is 4. The zero-order valence-electron chi connectivity index (χ0n) is 29.3. The Hall–Kier alpha value is -7.04. The first-order valence-corrected chi connectivity index (χ1v) is 17.8. The van der Waals surface area contributed by atoms with Gasteiger partial charge in [-0.2, -0.15) is 0 Å². The molecule has 0 atom stereocenters. The average Bonchev–Trinajstić information content (AvgIpc) is 3.77. The van der Waals surface area contributed by atoms with Crippen molar-refractivity contribution in [2.45, 2.75) is 6.92 Å². The summed E-state index contributed by atoms with van der Waals surface area (Å²) in [5, 5.41) is 4.39. The molecule has 0 spiro atoms. The normalized spacial score (nSPS) is 11.8. The number of hydrogen-bond donors (Lipinski definition) is 0. The van der Waals surface area contributed by atoms with E-state index in [1.165, 1.54) is 0 Å². The van der Waals surface area contributed by atoms with Crippen LogP contribution in [0.5, 0.6) is 0 Å². The van der Waals surface area contributed by atoms with Crippen LogP contribution in [-0.2, 0) is 0 Å². The minimum atomic E-state index is 0.818. The topological polar surface area (TPSA) is 32.8 Å². The van der Waals surface area contributed by atoms with Crippen LogP contribution in [0.4, 0.5) is 28.4 Å². The lowest BCUT2D eigenvalue weighted by Crippen LogP contribution is -2.16. The van der Waals surface area contributed by atoms with Gasteiger partial charge in [-0.3, -0.25) is 0 Å². The van der Waals surface area contributed by atoms with E-state index in [9.17, 15) is 0 Å². The van der Waals surface area contributed by atoms with Crippen molar-refractivity contribution in [2.75, 3.05) is 9.80 Å². The van der Waals surface area contributed by atoms with Crippen LogP contribution >= 0.6 is 0 Å². The predicted molar refractivity (Wildman–Crippen MR) is 223 cm³/mol. The highest BCUT2D eigenvalue weighted by atomic mass is 16.3. The van der Waals surface area contributed by atoms with E-state index in [1.54, 1.807) is 0 Å². The number of allylic oxidation sites excluding steroid dienone is 4. The van der Waals surface area contributed by atoms with Gasteiger partial charge in [0.05, 0.1) is 11.4 Å². The highest BCUT2D eigenvalue weighted by Gasteiger charge is 2.23. The molecule has 7 aromatic carbocycles. The summed E-state index contributed by atoms with van der Waals surface area (Å²) >= 11 is 0. The third kappa shape index (κ3) is 5.77. The van der Waals surface area contributed by atoms with E-state index in [4.69, 9.17) is 8.83 Å². The molecule has 2 heterocycles. The Labute approximate surface area is 308 Å². The Morgan fingerprint density at radius 3 is 1.64 bits per heavy atom. The minimum absolute atomic E-state index is 0.818. The van der Waals surface area contributed by atoms with Gasteiger partial charge in [0.25, 0.3) is 0 Å². The number of benzene rings is 7. The van der Waals surface area contributed by atoms with Crippen molar-refractivity contribution < 1.29 is 8.83 Å². The molecule has 53 heavy (non-hydrogen) atoms. The first-order valence-electron chi connectivity index (χ1n) is 17.8. The van der Waals surface area contributed by atoms with Crippen LogP contribution in [0.2, 0.25) is 0 Å². The second-order valence-electron chi connectivity index (χ2n) is 13.0. The monoisotopic (exact) mass is 684 g/mol. The van der Waals surface area contributed by atoms with E-state index in [0.29, 0.717) is 0 Å². The summed E-state index contributed by atoms with van der Waals surface area (Å²) in [4.78, 5) is 4.52. The van der Waals surface area contributed by atoms with Crippen molar-refractivity contribution in [1.29, 1.82) is 0 Å². The molecular formula is C49H36N2O2. The Morgan fingerprint density at radius 1 is 0.472 bits per heavy atom. The maximum Gasteiger partial charge on any atom is 0.137 e. The smallest absolute Gasteiger partial charge is 0.137 e. The van der Waals surface area contributed by atoms with Crippen molar-refractivity contribution in [3.05, 3.63) is 200 Å². The quantitative estimate of drug-likeness (QED) is 0.142. The summed E-state index contributed by atoms with van der Waals surface area (Å²) in [6.45, 7) is 6.60. The van der Waals surface area contributed by atoms with E-state index >= 15 is 0 Å². The first kappa shape index (κ1) is 31.9. The summed E-state index contributed by atoms with van der Waals surface area (Å²) in [5.74, 6) is 0. The van der Waals surface area contributed by atoms with Gasteiger partial charge >= 0.3 is 0 Å². The minimum Gasteiger partial charge on any atom is -0.456 e. The number of anilines is 5. The molecule has 2 aromatic heterocycles. The standard InChI is InChI=1S/C49H36N2O2/c1-3-4-6-17-34(2)50(36-28-30-42-40-22-11-15-26-46(40)52-48(42)32-36)44-24-13-9-20-38(44)39-21-10-14-25-45(39)51(35-18-7-5-8-19-35)37-29-31-43-41-23-12-16-27-47(41)53-49(43)33-37/h3-33H,2H2,1H3/b4-3-,17-6-. The van der Waals surface area contributed by atoms with Crippen LogP contribution in [0.3, 0.4) is 0 Å². The molecule has 0 saturated carbocycles. The summed E-state index contributed by atoms with van der Waals surface area (Å²) < 4.78 is 12.8. The maximum absolute atomic E-state index is 6.38. The molecule has 0 saturated heterocycles.